The third kappa shape index (κ3) is 7.37. The van der Waals surface area contributed by atoms with Crippen LogP contribution >= 0.6 is 55.2 Å². The number of nitrogens with zero attached hydrogens (tertiary/aromatic N) is 1. The van der Waals surface area contributed by atoms with Crippen molar-refractivity contribution in [3.63, 3.8) is 0 Å². The summed E-state index contributed by atoms with van der Waals surface area (Å²) in [6, 6.07) is 16.3. The molecule has 0 spiro atoms. The van der Waals surface area contributed by atoms with E-state index in [-0.39, 0.29) is 4.91 Å². The molecule has 4 rings (SSSR count). The van der Waals surface area contributed by atoms with Crippen molar-refractivity contribution in [3.05, 3.63) is 103 Å². The number of methoxy groups -OCH3 is 1. The lowest BCUT2D eigenvalue weighted by Gasteiger charge is -2.16. The minimum atomic E-state index is -0.557. The summed E-state index contributed by atoms with van der Waals surface area (Å²) < 4.78 is 13.4. The van der Waals surface area contributed by atoms with Gasteiger partial charge in [-0.1, -0.05) is 45.7 Å². The van der Waals surface area contributed by atoms with Gasteiger partial charge in [-0.3, -0.25) is 19.3 Å². The van der Waals surface area contributed by atoms with Gasteiger partial charge in [0.05, 0.1) is 17.0 Å². The molecule has 0 atom stereocenters. The van der Waals surface area contributed by atoms with E-state index < -0.39 is 23.6 Å². The number of ether oxygens (including phenoxy) is 2. The Bertz CT molecular complexity index is 1510. The minimum absolute atomic E-state index is 0.194. The zero-order valence-corrected chi connectivity index (χ0v) is 26.0. The van der Waals surface area contributed by atoms with Gasteiger partial charge in [0.25, 0.3) is 11.1 Å². The van der Waals surface area contributed by atoms with Crippen LogP contribution < -0.4 is 14.8 Å². The second-order valence-corrected chi connectivity index (χ2v) is 11.7. The molecule has 3 amide bonds. The van der Waals surface area contributed by atoms with E-state index in [0.29, 0.717) is 45.3 Å². The van der Waals surface area contributed by atoms with Gasteiger partial charge in [-0.2, -0.15) is 0 Å². The number of imide groups is 1. The van der Waals surface area contributed by atoms with Gasteiger partial charge in [-0.15, -0.1) is 6.58 Å². The molecule has 40 heavy (non-hydrogen) atoms. The number of nitrogens with one attached hydrogen (secondary N) is 1. The number of hydrogen-bond donors (Lipinski definition) is 1. The molecule has 0 aromatic heterocycles. The molecule has 1 saturated heterocycles. The van der Waals surface area contributed by atoms with Crippen LogP contribution in [-0.4, -0.2) is 35.6 Å². The average molecular weight is 707 g/mol. The Labute approximate surface area is 257 Å². The molecular weight excluding hydrogens is 684 g/mol. The molecule has 206 valence electrons. The van der Waals surface area contributed by atoms with Crippen molar-refractivity contribution in [2.24, 2.45) is 0 Å². The number of anilines is 1. The Morgan fingerprint density at radius 3 is 2.55 bits per heavy atom. The normalized spacial score (nSPS) is 14.0. The number of amides is 3. The van der Waals surface area contributed by atoms with Crippen molar-refractivity contribution in [1.82, 2.24) is 4.90 Å². The molecule has 3 aromatic carbocycles. The molecule has 0 aliphatic carbocycles. The Morgan fingerprint density at radius 2 is 1.88 bits per heavy atom. The fourth-order valence-electron chi connectivity index (χ4n) is 3.83. The topological polar surface area (TPSA) is 84.9 Å². The Kier molecular flexibility index (Phi) is 10.1. The van der Waals surface area contributed by atoms with Crippen LogP contribution in [0.1, 0.15) is 16.7 Å². The fraction of sp³-hybridized carbons (Fsp3) is 0.138. The van der Waals surface area contributed by atoms with E-state index in [4.69, 9.17) is 21.1 Å². The standard InChI is InChI=1S/C29H23Br2ClN2O5S/c1-3-4-19-11-18(12-24(38-2)27(19)39-16-17-5-7-20(30)8-6-17)13-25-28(36)34(29(37)40-25)15-26(35)33-21-9-10-22(31)23(32)14-21/h3,5-14H,1,4,15-16H2,2H3,(H,33,35)/b25-13-. The SMILES string of the molecule is C=CCc1cc(/C=C2\SC(=O)N(CC(=O)Nc3ccc(Br)c(Cl)c3)C2=O)cc(OC)c1OCc1ccc(Br)cc1. The van der Waals surface area contributed by atoms with E-state index in [9.17, 15) is 14.4 Å². The summed E-state index contributed by atoms with van der Waals surface area (Å²) in [6.45, 7) is 3.74. The molecule has 0 bridgehead atoms. The number of thioether (sulfide) groups is 1. The van der Waals surface area contributed by atoms with Gasteiger partial charge in [0.15, 0.2) is 11.5 Å². The molecule has 0 saturated carbocycles. The van der Waals surface area contributed by atoms with Crippen molar-refractivity contribution >= 4 is 84.0 Å². The highest BCUT2D eigenvalue weighted by molar-refractivity contribution is 9.10. The lowest BCUT2D eigenvalue weighted by Crippen LogP contribution is -2.36. The van der Waals surface area contributed by atoms with Crippen LogP contribution in [0.3, 0.4) is 0 Å². The lowest BCUT2D eigenvalue weighted by atomic mass is 10.0. The largest absolute Gasteiger partial charge is 0.493 e. The maximum Gasteiger partial charge on any atom is 0.294 e. The number of halogens is 3. The summed E-state index contributed by atoms with van der Waals surface area (Å²) in [5.41, 5.74) is 2.89. The second-order valence-electron chi connectivity index (χ2n) is 8.56. The van der Waals surface area contributed by atoms with E-state index in [1.165, 1.54) is 7.11 Å². The highest BCUT2D eigenvalue weighted by atomic mass is 79.9. The van der Waals surface area contributed by atoms with Crippen molar-refractivity contribution in [1.29, 1.82) is 0 Å². The molecule has 1 aliphatic heterocycles. The van der Waals surface area contributed by atoms with Crippen molar-refractivity contribution in [2.75, 3.05) is 19.0 Å². The van der Waals surface area contributed by atoms with E-state index in [1.54, 1.807) is 36.4 Å². The van der Waals surface area contributed by atoms with Crippen LogP contribution in [0.25, 0.3) is 6.08 Å². The molecule has 3 aromatic rings. The van der Waals surface area contributed by atoms with Crippen LogP contribution in [0.4, 0.5) is 10.5 Å². The van der Waals surface area contributed by atoms with Crippen LogP contribution in [0.5, 0.6) is 11.5 Å². The van der Waals surface area contributed by atoms with E-state index in [0.717, 1.165) is 32.3 Å². The smallest absolute Gasteiger partial charge is 0.294 e. The van der Waals surface area contributed by atoms with Gasteiger partial charge in [0, 0.05) is 20.2 Å². The first kappa shape index (κ1) is 29.9. The average Bonchev–Trinajstić information content (AvgIpc) is 3.18. The predicted octanol–water partition coefficient (Wildman–Crippen LogP) is 7.86. The Morgan fingerprint density at radius 1 is 1.12 bits per heavy atom. The summed E-state index contributed by atoms with van der Waals surface area (Å²) in [5, 5.41) is 2.54. The second kappa shape index (κ2) is 13.5. The first-order chi connectivity index (χ1) is 19.2. The monoisotopic (exact) mass is 704 g/mol. The summed E-state index contributed by atoms with van der Waals surface area (Å²) in [5.74, 6) is -0.0299. The molecule has 7 nitrogen and oxygen atoms in total. The van der Waals surface area contributed by atoms with Gasteiger partial charge in [-0.25, -0.2) is 0 Å². The van der Waals surface area contributed by atoms with Gasteiger partial charge in [0.1, 0.15) is 13.2 Å². The molecule has 1 fully saturated rings. The third-order valence-corrected chi connectivity index (χ3v) is 8.38. The maximum absolute atomic E-state index is 13.1. The summed E-state index contributed by atoms with van der Waals surface area (Å²) in [4.78, 5) is 39.3. The molecule has 1 N–H and O–H groups in total. The Balaban J connectivity index is 1.51. The molecule has 1 heterocycles. The van der Waals surface area contributed by atoms with Gasteiger partial charge < -0.3 is 14.8 Å². The van der Waals surface area contributed by atoms with Crippen molar-refractivity contribution < 1.29 is 23.9 Å². The van der Waals surface area contributed by atoms with Crippen LogP contribution in [0.15, 0.2) is 81.1 Å². The summed E-state index contributed by atoms with van der Waals surface area (Å²) in [6.07, 6.45) is 3.84. The van der Waals surface area contributed by atoms with Gasteiger partial charge in [-0.05, 0) is 93.8 Å². The number of carbonyl (C=O) groups is 3. The predicted molar refractivity (Wildman–Crippen MR) is 166 cm³/mol. The van der Waals surface area contributed by atoms with Crippen molar-refractivity contribution in [3.8, 4) is 11.5 Å². The zero-order valence-electron chi connectivity index (χ0n) is 21.2. The molecule has 0 unspecified atom stereocenters. The fourth-order valence-corrected chi connectivity index (χ4v) is 5.36. The number of allylic oxidation sites excluding steroid dienone is 1. The quantitative estimate of drug-likeness (QED) is 0.171. The molecule has 1 aliphatic rings. The van der Waals surface area contributed by atoms with E-state index in [2.05, 4.69) is 43.8 Å². The molecule has 11 heteroatoms. The third-order valence-electron chi connectivity index (χ3n) is 5.71. The van der Waals surface area contributed by atoms with E-state index in [1.807, 2.05) is 30.3 Å². The van der Waals surface area contributed by atoms with E-state index >= 15 is 0 Å². The highest BCUT2D eigenvalue weighted by Crippen LogP contribution is 2.37. The highest BCUT2D eigenvalue weighted by Gasteiger charge is 2.36. The zero-order chi connectivity index (χ0) is 28.8. The lowest BCUT2D eigenvalue weighted by molar-refractivity contribution is -0.127. The minimum Gasteiger partial charge on any atom is -0.493 e. The number of benzene rings is 3. The summed E-state index contributed by atoms with van der Waals surface area (Å²) in [7, 11) is 1.54. The molecule has 0 radical (unpaired) electrons. The van der Waals surface area contributed by atoms with Crippen LogP contribution in [0, 0.1) is 0 Å². The first-order valence-corrected chi connectivity index (χ1v) is 14.7. The van der Waals surface area contributed by atoms with Gasteiger partial charge in [0.2, 0.25) is 5.91 Å². The Hall–Kier alpha value is -3.05. The first-order valence-electron chi connectivity index (χ1n) is 11.9. The van der Waals surface area contributed by atoms with Crippen molar-refractivity contribution in [2.45, 2.75) is 13.0 Å². The van der Waals surface area contributed by atoms with Crippen LogP contribution in [0.2, 0.25) is 5.02 Å². The number of hydrogen-bond acceptors (Lipinski definition) is 6. The maximum atomic E-state index is 13.1. The van der Waals surface area contributed by atoms with Gasteiger partial charge >= 0.3 is 0 Å². The van der Waals surface area contributed by atoms with Crippen LogP contribution in [-0.2, 0) is 22.6 Å². The summed E-state index contributed by atoms with van der Waals surface area (Å²) >= 11 is 13.6. The number of rotatable bonds is 10. The molecular formula is C29H23Br2ClN2O5S. The number of carbonyl (C=O) groups excluding carboxylic acids is 3.